The topological polar surface area (TPSA) is 92.7 Å². The number of hydrazone groups is 1. The van der Waals surface area contributed by atoms with Crippen molar-refractivity contribution in [2.24, 2.45) is 19.2 Å². The standard InChI is InChI=1S/C19H25N5O3/c1-4-14(16-17(25)22(2)19(27)23(3)18(16)26)21-24-11-6-5-9-15(24)13-8-7-10-20-12-13/h7-8,10,12,15,25H,4-6,9,11H2,1-3H3/b21-14+. The van der Waals surface area contributed by atoms with Crippen LogP contribution in [0.1, 0.15) is 49.8 Å². The van der Waals surface area contributed by atoms with Gasteiger partial charge in [-0.25, -0.2) is 4.79 Å². The summed E-state index contributed by atoms with van der Waals surface area (Å²) in [7, 11) is 2.84. The maximum Gasteiger partial charge on any atom is 0.333 e. The number of rotatable bonds is 4. The molecule has 0 bridgehead atoms. The highest BCUT2D eigenvalue weighted by atomic mass is 16.3. The first kappa shape index (κ1) is 18.9. The van der Waals surface area contributed by atoms with Gasteiger partial charge >= 0.3 is 5.69 Å². The van der Waals surface area contributed by atoms with E-state index in [1.54, 1.807) is 6.20 Å². The molecule has 2 aromatic heterocycles. The van der Waals surface area contributed by atoms with Crippen molar-refractivity contribution in [3.8, 4) is 5.88 Å². The molecule has 0 aliphatic carbocycles. The van der Waals surface area contributed by atoms with E-state index in [2.05, 4.69) is 4.98 Å². The van der Waals surface area contributed by atoms with Crippen LogP contribution in [0.2, 0.25) is 0 Å². The molecule has 3 heterocycles. The van der Waals surface area contributed by atoms with E-state index in [4.69, 9.17) is 5.10 Å². The van der Waals surface area contributed by atoms with Crippen LogP contribution in [0.5, 0.6) is 5.88 Å². The summed E-state index contributed by atoms with van der Waals surface area (Å²) in [5.74, 6) is -0.348. The van der Waals surface area contributed by atoms with Crippen LogP contribution in [-0.4, -0.2) is 36.5 Å². The third-order valence-corrected chi connectivity index (χ3v) is 5.05. The van der Waals surface area contributed by atoms with Crippen LogP contribution in [0, 0.1) is 0 Å². The number of hydrogen-bond donors (Lipinski definition) is 1. The zero-order chi connectivity index (χ0) is 19.6. The van der Waals surface area contributed by atoms with Gasteiger partial charge < -0.3 is 5.11 Å². The average molecular weight is 371 g/mol. The highest BCUT2D eigenvalue weighted by Gasteiger charge is 2.25. The Labute approximate surface area is 157 Å². The van der Waals surface area contributed by atoms with Crippen LogP contribution in [-0.2, 0) is 14.1 Å². The molecular formula is C19H25N5O3. The molecule has 1 saturated heterocycles. The fourth-order valence-corrected chi connectivity index (χ4v) is 3.49. The van der Waals surface area contributed by atoms with Crippen LogP contribution in [0.15, 0.2) is 39.2 Å². The van der Waals surface area contributed by atoms with Crippen LogP contribution >= 0.6 is 0 Å². The fraction of sp³-hybridized carbons (Fsp3) is 0.474. The maximum absolute atomic E-state index is 12.6. The van der Waals surface area contributed by atoms with E-state index in [9.17, 15) is 14.7 Å². The van der Waals surface area contributed by atoms with Crippen LogP contribution < -0.4 is 11.2 Å². The maximum atomic E-state index is 12.6. The predicted molar refractivity (Wildman–Crippen MR) is 103 cm³/mol. The Hall–Kier alpha value is -2.90. The van der Waals surface area contributed by atoms with E-state index in [-0.39, 0.29) is 17.5 Å². The number of aromatic nitrogens is 3. The quantitative estimate of drug-likeness (QED) is 0.823. The van der Waals surface area contributed by atoms with Gasteiger partial charge in [0.2, 0.25) is 5.88 Å². The minimum atomic E-state index is -0.567. The summed E-state index contributed by atoms with van der Waals surface area (Å²) in [4.78, 5) is 28.9. The van der Waals surface area contributed by atoms with E-state index >= 15 is 0 Å². The second kappa shape index (κ2) is 7.77. The largest absolute Gasteiger partial charge is 0.494 e. The van der Waals surface area contributed by atoms with Crippen LogP contribution in [0.4, 0.5) is 0 Å². The number of piperidine rings is 1. The van der Waals surface area contributed by atoms with Crippen molar-refractivity contribution >= 4 is 5.71 Å². The zero-order valence-electron chi connectivity index (χ0n) is 15.9. The summed E-state index contributed by atoms with van der Waals surface area (Å²) in [6.07, 6.45) is 7.09. The fourth-order valence-electron chi connectivity index (χ4n) is 3.49. The smallest absolute Gasteiger partial charge is 0.333 e. The van der Waals surface area contributed by atoms with Gasteiger partial charge in [-0.05, 0) is 37.3 Å². The van der Waals surface area contributed by atoms with Gasteiger partial charge in [-0.1, -0.05) is 13.0 Å². The van der Waals surface area contributed by atoms with Gasteiger partial charge in [0, 0.05) is 33.0 Å². The molecule has 1 aliphatic heterocycles. The Morgan fingerprint density at radius 1 is 1.30 bits per heavy atom. The molecule has 27 heavy (non-hydrogen) atoms. The number of aromatic hydroxyl groups is 1. The molecule has 8 heteroatoms. The van der Waals surface area contributed by atoms with Gasteiger partial charge in [-0.15, -0.1) is 0 Å². The first-order chi connectivity index (χ1) is 13.0. The van der Waals surface area contributed by atoms with E-state index in [0.717, 1.165) is 40.5 Å². The molecule has 1 unspecified atom stereocenters. The van der Waals surface area contributed by atoms with Gasteiger partial charge in [0.1, 0.15) is 5.56 Å². The first-order valence-electron chi connectivity index (χ1n) is 9.19. The molecule has 1 atom stereocenters. The minimum Gasteiger partial charge on any atom is -0.494 e. The summed E-state index contributed by atoms with van der Waals surface area (Å²) in [6, 6.07) is 4.01. The van der Waals surface area contributed by atoms with Crippen molar-refractivity contribution in [2.75, 3.05) is 6.54 Å². The lowest BCUT2D eigenvalue weighted by Crippen LogP contribution is -2.40. The number of pyridine rings is 1. The molecule has 1 fully saturated rings. The molecule has 0 saturated carbocycles. The van der Waals surface area contributed by atoms with Crippen LogP contribution in [0.25, 0.3) is 0 Å². The minimum absolute atomic E-state index is 0.0764. The highest BCUT2D eigenvalue weighted by Crippen LogP contribution is 2.31. The lowest BCUT2D eigenvalue weighted by atomic mass is 9.98. The molecule has 8 nitrogen and oxygen atoms in total. The molecular weight excluding hydrogens is 346 g/mol. The molecule has 1 N–H and O–H groups in total. The zero-order valence-corrected chi connectivity index (χ0v) is 15.9. The predicted octanol–water partition coefficient (Wildman–Crippen LogP) is 1.53. The van der Waals surface area contributed by atoms with E-state index in [1.807, 2.05) is 30.3 Å². The van der Waals surface area contributed by atoms with Gasteiger partial charge in [0.25, 0.3) is 5.56 Å². The highest BCUT2D eigenvalue weighted by molar-refractivity contribution is 6.01. The summed E-state index contributed by atoms with van der Waals surface area (Å²) in [5.41, 5.74) is 0.528. The average Bonchev–Trinajstić information content (AvgIpc) is 2.71. The Kier molecular flexibility index (Phi) is 5.43. The molecule has 0 radical (unpaired) electrons. The van der Waals surface area contributed by atoms with Crippen molar-refractivity contribution < 1.29 is 5.11 Å². The Bertz CT molecular complexity index is 962. The third-order valence-electron chi connectivity index (χ3n) is 5.05. The normalized spacial score (nSPS) is 18.0. The second-order valence-electron chi connectivity index (χ2n) is 6.77. The van der Waals surface area contributed by atoms with E-state index in [0.29, 0.717) is 12.1 Å². The summed E-state index contributed by atoms with van der Waals surface area (Å²) in [6.45, 7) is 2.64. The van der Waals surface area contributed by atoms with Gasteiger partial charge in [0.05, 0.1) is 11.8 Å². The lowest BCUT2D eigenvalue weighted by Gasteiger charge is -2.34. The molecule has 0 amide bonds. The second-order valence-corrected chi connectivity index (χ2v) is 6.77. The van der Waals surface area contributed by atoms with Crippen molar-refractivity contribution in [1.29, 1.82) is 0 Å². The summed E-state index contributed by atoms with van der Waals surface area (Å²) < 4.78 is 2.06. The lowest BCUT2D eigenvalue weighted by molar-refractivity contribution is 0.154. The molecule has 0 spiro atoms. The summed E-state index contributed by atoms with van der Waals surface area (Å²) >= 11 is 0. The monoisotopic (exact) mass is 371 g/mol. The van der Waals surface area contributed by atoms with Gasteiger partial charge in [-0.2, -0.15) is 5.10 Å². The number of hydrogen-bond acceptors (Lipinski definition) is 6. The Balaban J connectivity index is 2.09. The SMILES string of the molecule is CC/C(=N\N1CCCCC1c1cccnc1)c1c(O)n(C)c(=O)n(C)c1=O. The molecule has 1 aliphatic rings. The van der Waals surface area contributed by atoms with E-state index < -0.39 is 11.2 Å². The van der Waals surface area contributed by atoms with Crippen molar-refractivity contribution in [2.45, 2.75) is 38.6 Å². The van der Waals surface area contributed by atoms with Crippen molar-refractivity contribution in [3.05, 3.63) is 56.5 Å². The third kappa shape index (κ3) is 3.51. The molecule has 0 aromatic carbocycles. The molecule has 3 rings (SSSR count). The molecule has 144 valence electrons. The number of nitrogens with zero attached hydrogens (tertiary/aromatic N) is 5. The van der Waals surface area contributed by atoms with Crippen molar-refractivity contribution in [3.63, 3.8) is 0 Å². The van der Waals surface area contributed by atoms with Crippen molar-refractivity contribution in [1.82, 2.24) is 19.1 Å². The van der Waals surface area contributed by atoms with Gasteiger partial charge in [-0.3, -0.25) is 23.9 Å². The Morgan fingerprint density at radius 3 is 2.74 bits per heavy atom. The van der Waals surface area contributed by atoms with Crippen LogP contribution in [0.3, 0.4) is 0 Å². The van der Waals surface area contributed by atoms with Gasteiger partial charge in [0.15, 0.2) is 0 Å². The van der Waals surface area contributed by atoms with E-state index in [1.165, 1.54) is 14.1 Å². The Morgan fingerprint density at radius 2 is 2.07 bits per heavy atom. The summed E-state index contributed by atoms with van der Waals surface area (Å²) in [5, 5.41) is 17.2. The molecule has 2 aromatic rings. The first-order valence-corrected chi connectivity index (χ1v) is 9.19.